The summed E-state index contributed by atoms with van der Waals surface area (Å²) in [6.45, 7) is 1.73. The van der Waals surface area contributed by atoms with Crippen LogP contribution < -0.4 is 5.56 Å². The molecular formula is C12H8BrFN4O. The topological polar surface area (TPSA) is 52.7 Å². The van der Waals surface area contributed by atoms with Gasteiger partial charge in [0.1, 0.15) is 22.5 Å². The van der Waals surface area contributed by atoms with Crippen molar-refractivity contribution in [3.63, 3.8) is 0 Å². The Morgan fingerprint density at radius 3 is 2.89 bits per heavy atom. The van der Waals surface area contributed by atoms with Crippen LogP contribution in [0.3, 0.4) is 0 Å². The normalized spacial score (nSPS) is 11.1. The fraction of sp³-hybridized carbons (Fsp3) is 0.0833. The van der Waals surface area contributed by atoms with E-state index < -0.39 is 11.4 Å². The van der Waals surface area contributed by atoms with Gasteiger partial charge in [0.05, 0.1) is 22.3 Å². The molecule has 0 fully saturated rings. The van der Waals surface area contributed by atoms with Crippen LogP contribution in [0.15, 0.2) is 35.3 Å². The van der Waals surface area contributed by atoms with Gasteiger partial charge in [-0.15, -0.1) is 0 Å². The molecule has 7 heteroatoms. The summed E-state index contributed by atoms with van der Waals surface area (Å²) in [6, 6.07) is 5.98. The lowest BCUT2D eigenvalue weighted by Gasteiger charge is -2.08. The molecule has 5 nitrogen and oxygen atoms in total. The first-order valence-corrected chi connectivity index (χ1v) is 6.18. The maximum atomic E-state index is 13.9. The molecule has 2 heterocycles. The van der Waals surface area contributed by atoms with Crippen molar-refractivity contribution < 1.29 is 4.39 Å². The highest BCUT2D eigenvalue weighted by Gasteiger charge is 2.13. The van der Waals surface area contributed by atoms with E-state index in [-0.39, 0.29) is 5.69 Å². The number of benzene rings is 1. The molecule has 0 saturated heterocycles. The van der Waals surface area contributed by atoms with Gasteiger partial charge in [0.2, 0.25) is 0 Å². The predicted molar refractivity (Wildman–Crippen MR) is 72.1 cm³/mol. The summed E-state index contributed by atoms with van der Waals surface area (Å²) in [5, 5.41) is 8.08. The number of para-hydroxylation sites is 1. The van der Waals surface area contributed by atoms with Crippen LogP contribution in [-0.2, 0) is 0 Å². The third-order valence-electron chi connectivity index (χ3n) is 2.82. The predicted octanol–water partition coefficient (Wildman–Crippen LogP) is 2.19. The first-order chi connectivity index (χ1) is 9.08. The smallest absolute Gasteiger partial charge is 0.267 e. The van der Waals surface area contributed by atoms with Crippen molar-refractivity contribution in [3.8, 4) is 5.69 Å². The van der Waals surface area contributed by atoms with Crippen LogP contribution in [0.5, 0.6) is 0 Å². The zero-order valence-corrected chi connectivity index (χ0v) is 11.4. The molecule has 0 aliphatic rings. The van der Waals surface area contributed by atoms with Gasteiger partial charge in [-0.05, 0) is 18.6 Å². The Bertz CT molecular complexity index is 819. The number of hydrogen-bond donors (Lipinski definition) is 0. The first kappa shape index (κ1) is 12.0. The lowest BCUT2D eigenvalue weighted by atomic mass is 10.2. The molecule has 96 valence electrons. The van der Waals surface area contributed by atoms with Crippen LogP contribution in [0.4, 0.5) is 4.39 Å². The zero-order chi connectivity index (χ0) is 13.6. The van der Waals surface area contributed by atoms with Gasteiger partial charge in [-0.25, -0.2) is 4.39 Å². The van der Waals surface area contributed by atoms with Gasteiger partial charge in [-0.2, -0.15) is 18.6 Å². The van der Waals surface area contributed by atoms with Crippen molar-refractivity contribution in [1.29, 1.82) is 0 Å². The lowest BCUT2D eigenvalue weighted by molar-refractivity contribution is 0.605. The van der Waals surface area contributed by atoms with E-state index in [0.717, 1.165) is 4.68 Å². The number of nitrogens with zero attached hydrogens (tertiary/aromatic N) is 4. The summed E-state index contributed by atoms with van der Waals surface area (Å²) in [5.41, 5.74) is 1.42. The standard InChI is InChI=1S/C12H8BrFN4O/c1-7-3-2-4-8(14)12(7)17-11(19)5-10-9(16-17)6-15-18(10)13/h2-6H,1H3. The van der Waals surface area contributed by atoms with E-state index in [1.165, 1.54) is 22.0 Å². The highest BCUT2D eigenvalue weighted by molar-refractivity contribution is 9.08. The van der Waals surface area contributed by atoms with E-state index >= 15 is 0 Å². The SMILES string of the molecule is Cc1cccc(F)c1-n1nc2cnn(Br)c2cc1=O. The second-order valence-corrected chi connectivity index (χ2v) is 4.75. The average Bonchev–Trinajstić information content (AvgIpc) is 2.71. The van der Waals surface area contributed by atoms with Gasteiger partial charge in [0, 0.05) is 6.07 Å². The molecule has 3 rings (SSSR count). The van der Waals surface area contributed by atoms with Crippen molar-refractivity contribution in [1.82, 2.24) is 18.6 Å². The van der Waals surface area contributed by atoms with Crippen LogP contribution >= 0.6 is 16.1 Å². The summed E-state index contributed by atoms with van der Waals surface area (Å²) < 4.78 is 16.3. The molecule has 0 atom stereocenters. The van der Waals surface area contributed by atoms with E-state index in [1.54, 1.807) is 19.1 Å². The number of hydrogen-bond acceptors (Lipinski definition) is 3. The van der Waals surface area contributed by atoms with Crippen LogP contribution in [0.1, 0.15) is 5.56 Å². The van der Waals surface area contributed by atoms with Crippen LogP contribution in [-0.4, -0.2) is 18.6 Å². The van der Waals surface area contributed by atoms with E-state index in [4.69, 9.17) is 0 Å². The van der Waals surface area contributed by atoms with Crippen molar-refractivity contribution in [3.05, 3.63) is 52.2 Å². The second-order valence-electron chi connectivity index (χ2n) is 4.07. The second kappa shape index (κ2) is 4.27. The molecule has 0 spiro atoms. The van der Waals surface area contributed by atoms with Crippen LogP contribution in [0.25, 0.3) is 16.7 Å². The Balaban J connectivity index is 2.37. The minimum atomic E-state index is -0.486. The Labute approximate surface area is 115 Å². The summed E-state index contributed by atoms with van der Waals surface area (Å²) in [4.78, 5) is 12.1. The van der Waals surface area contributed by atoms with Crippen LogP contribution in [0, 0.1) is 12.7 Å². The molecule has 0 radical (unpaired) electrons. The minimum absolute atomic E-state index is 0.164. The fourth-order valence-corrected chi connectivity index (χ4v) is 2.29. The third kappa shape index (κ3) is 1.86. The van der Waals surface area contributed by atoms with Gasteiger partial charge in [-0.3, -0.25) is 4.79 Å². The van der Waals surface area contributed by atoms with E-state index in [1.807, 2.05) is 0 Å². The van der Waals surface area contributed by atoms with Gasteiger partial charge in [0.15, 0.2) is 0 Å². The summed E-state index contributed by atoms with van der Waals surface area (Å²) >= 11 is 3.15. The largest absolute Gasteiger partial charge is 0.273 e. The summed E-state index contributed by atoms with van der Waals surface area (Å²) in [6.07, 6.45) is 1.50. The number of fused-ring (bicyclic) bond motifs is 1. The number of aryl methyl sites for hydroxylation is 1. The molecular weight excluding hydrogens is 315 g/mol. The Morgan fingerprint density at radius 2 is 2.16 bits per heavy atom. The molecule has 0 aliphatic heterocycles. The zero-order valence-electron chi connectivity index (χ0n) is 9.84. The number of halogens is 2. The Kier molecular flexibility index (Phi) is 2.70. The molecule has 3 aromatic rings. The summed E-state index contributed by atoms with van der Waals surface area (Å²) in [7, 11) is 0. The minimum Gasteiger partial charge on any atom is -0.267 e. The highest BCUT2D eigenvalue weighted by Crippen LogP contribution is 2.17. The highest BCUT2D eigenvalue weighted by atomic mass is 79.9. The molecule has 1 aromatic carbocycles. The monoisotopic (exact) mass is 322 g/mol. The summed E-state index contributed by atoms with van der Waals surface area (Å²) in [5.74, 6) is -0.486. The molecule has 0 amide bonds. The molecule has 0 aliphatic carbocycles. The molecule has 2 aromatic heterocycles. The van der Waals surface area contributed by atoms with Crippen LogP contribution in [0.2, 0.25) is 0 Å². The van der Waals surface area contributed by atoms with Crippen molar-refractivity contribution >= 4 is 27.2 Å². The molecule has 0 N–H and O–H groups in total. The van der Waals surface area contributed by atoms with E-state index in [0.29, 0.717) is 16.6 Å². The maximum absolute atomic E-state index is 13.9. The van der Waals surface area contributed by atoms with Crippen molar-refractivity contribution in [2.75, 3.05) is 0 Å². The van der Waals surface area contributed by atoms with Gasteiger partial charge >= 0.3 is 0 Å². The van der Waals surface area contributed by atoms with Gasteiger partial charge in [-0.1, -0.05) is 12.1 Å². The van der Waals surface area contributed by atoms with E-state index in [2.05, 4.69) is 26.3 Å². The maximum Gasteiger partial charge on any atom is 0.273 e. The lowest BCUT2D eigenvalue weighted by Crippen LogP contribution is -2.22. The van der Waals surface area contributed by atoms with Gasteiger partial charge in [0.25, 0.3) is 5.56 Å². The molecule has 19 heavy (non-hydrogen) atoms. The molecule has 0 saturated carbocycles. The number of rotatable bonds is 1. The van der Waals surface area contributed by atoms with Gasteiger partial charge < -0.3 is 0 Å². The van der Waals surface area contributed by atoms with Crippen molar-refractivity contribution in [2.45, 2.75) is 6.92 Å². The average molecular weight is 323 g/mol. The third-order valence-corrected chi connectivity index (χ3v) is 3.38. The molecule has 0 unspecified atom stereocenters. The van der Waals surface area contributed by atoms with E-state index in [9.17, 15) is 9.18 Å². The quantitative estimate of drug-likeness (QED) is 0.690. The fourth-order valence-electron chi connectivity index (χ4n) is 1.92. The Morgan fingerprint density at radius 1 is 1.37 bits per heavy atom. The van der Waals surface area contributed by atoms with Crippen molar-refractivity contribution in [2.24, 2.45) is 0 Å². The molecule has 0 bridgehead atoms. The number of aromatic nitrogens is 4. The Hall–Kier alpha value is -2.02. The first-order valence-electron chi connectivity index (χ1n) is 5.47.